The van der Waals surface area contributed by atoms with Crippen LogP contribution in [-0.4, -0.2) is 30.2 Å². The molecule has 18 heavy (non-hydrogen) atoms. The normalized spacial score (nSPS) is 10.1. The second-order valence-electron chi connectivity index (χ2n) is 3.75. The number of benzene rings is 1. The third-order valence-electron chi connectivity index (χ3n) is 2.44. The Labute approximate surface area is 111 Å². The molecule has 0 amide bonds. The molecule has 0 atom stereocenters. The number of halogens is 1. The van der Waals surface area contributed by atoms with E-state index in [4.69, 9.17) is 16.3 Å². The molecule has 2 aromatic rings. The number of rotatable bonds is 5. The molecular formula is C13H14ClN3O. The molecule has 4 nitrogen and oxygen atoms in total. The van der Waals surface area contributed by atoms with E-state index in [2.05, 4.69) is 9.97 Å². The zero-order chi connectivity index (χ0) is 12.8. The summed E-state index contributed by atoms with van der Waals surface area (Å²) in [4.78, 5) is 10.1. The Kier molecular flexibility index (Phi) is 4.36. The van der Waals surface area contributed by atoms with Gasteiger partial charge in [-0.3, -0.25) is 0 Å². The van der Waals surface area contributed by atoms with Crippen LogP contribution >= 0.6 is 11.6 Å². The molecule has 0 aliphatic rings. The highest BCUT2D eigenvalue weighted by molar-refractivity contribution is 6.31. The minimum atomic E-state index is 0.403. The predicted octanol–water partition coefficient (Wildman–Crippen LogP) is 2.65. The lowest BCUT2D eigenvalue weighted by molar-refractivity contribution is 0.325. The number of aromatic nitrogens is 2. The van der Waals surface area contributed by atoms with Crippen LogP contribution in [0.3, 0.4) is 0 Å². The van der Waals surface area contributed by atoms with Crippen molar-refractivity contribution in [3.63, 3.8) is 0 Å². The van der Waals surface area contributed by atoms with Crippen LogP contribution in [0.15, 0.2) is 42.7 Å². The molecule has 0 aliphatic heterocycles. The van der Waals surface area contributed by atoms with Crippen LogP contribution in [0.5, 0.6) is 5.75 Å². The SMILES string of the molecule is CN(CCOc1ccccc1)c1nccnc1Cl. The number of hydrogen-bond donors (Lipinski definition) is 0. The number of para-hydroxylation sites is 1. The highest BCUT2D eigenvalue weighted by atomic mass is 35.5. The van der Waals surface area contributed by atoms with Crippen LogP contribution < -0.4 is 9.64 Å². The molecule has 0 bridgehead atoms. The van der Waals surface area contributed by atoms with E-state index in [0.717, 1.165) is 5.75 Å². The molecule has 2 rings (SSSR count). The van der Waals surface area contributed by atoms with Crippen molar-refractivity contribution in [3.8, 4) is 5.75 Å². The Bertz CT molecular complexity index is 493. The van der Waals surface area contributed by atoms with Crippen LogP contribution in [0.25, 0.3) is 0 Å². The first kappa shape index (κ1) is 12.6. The molecule has 0 aliphatic carbocycles. The standard InChI is InChI=1S/C13H14ClN3O/c1-17(13-12(14)15-7-8-16-13)9-10-18-11-5-3-2-4-6-11/h2-8H,9-10H2,1H3. The van der Waals surface area contributed by atoms with Crippen LogP contribution in [0, 0.1) is 0 Å². The van der Waals surface area contributed by atoms with Crippen molar-refractivity contribution in [1.82, 2.24) is 9.97 Å². The van der Waals surface area contributed by atoms with Gasteiger partial charge in [0.1, 0.15) is 12.4 Å². The largest absolute Gasteiger partial charge is 0.492 e. The number of hydrogen-bond acceptors (Lipinski definition) is 4. The first-order valence-corrected chi connectivity index (χ1v) is 6.00. The van der Waals surface area contributed by atoms with Gasteiger partial charge in [0.25, 0.3) is 0 Å². The molecule has 94 valence electrons. The van der Waals surface area contributed by atoms with E-state index in [0.29, 0.717) is 24.1 Å². The second kappa shape index (κ2) is 6.21. The summed E-state index contributed by atoms with van der Waals surface area (Å²) in [5, 5.41) is 0.403. The van der Waals surface area contributed by atoms with Gasteiger partial charge < -0.3 is 9.64 Å². The smallest absolute Gasteiger partial charge is 0.171 e. The Morgan fingerprint density at radius 3 is 2.61 bits per heavy atom. The molecular weight excluding hydrogens is 250 g/mol. The van der Waals surface area contributed by atoms with Crippen molar-refractivity contribution in [2.45, 2.75) is 0 Å². The maximum atomic E-state index is 5.96. The van der Waals surface area contributed by atoms with E-state index in [1.807, 2.05) is 42.3 Å². The minimum Gasteiger partial charge on any atom is -0.492 e. The van der Waals surface area contributed by atoms with Gasteiger partial charge in [-0.1, -0.05) is 29.8 Å². The Balaban J connectivity index is 1.86. The summed E-state index contributed by atoms with van der Waals surface area (Å²) >= 11 is 5.96. The Hall–Kier alpha value is -1.81. The molecule has 0 radical (unpaired) electrons. The fourth-order valence-electron chi connectivity index (χ4n) is 1.49. The van der Waals surface area contributed by atoms with Crippen molar-refractivity contribution >= 4 is 17.4 Å². The van der Waals surface area contributed by atoms with Crippen molar-refractivity contribution in [3.05, 3.63) is 47.9 Å². The summed E-state index contributed by atoms with van der Waals surface area (Å²) in [6.45, 7) is 1.25. The van der Waals surface area contributed by atoms with E-state index in [-0.39, 0.29) is 0 Å². The average molecular weight is 264 g/mol. The quantitative estimate of drug-likeness (QED) is 0.831. The van der Waals surface area contributed by atoms with E-state index >= 15 is 0 Å². The lowest BCUT2D eigenvalue weighted by Crippen LogP contribution is -2.25. The summed E-state index contributed by atoms with van der Waals surface area (Å²) in [5.74, 6) is 1.52. The maximum absolute atomic E-state index is 5.96. The van der Waals surface area contributed by atoms with E-state index in [9.17, 15) is 0 Å². The van der Waals surface area contributed by atoms with Gasteiger partial charge in [0, 0.05) is 19.4 Å². The van der Waals surface area contributed by atoms with Gasteiger partial charge in [0.05, 0.1) is 6.54 Å². The van der Waals surface area contributed by atoms with Crippen LogP contribution in [0.2, 0.25) is 5.15 Å². The number of likely N-dealkylation sites (N-methyl/N-ethyl adjacent to an activating group) is 1. The van der Waals surface area contributed by atoms with Gasteiger partial charge in [0.2, 0.25) is 0 Å². The molecule has 0 saturated heterocycles. The van der Waals surface area contributed by atoms with Crippen molar-refractivity contribution < 1.29 is 4.74 Å². The zero-order valence-electron chi connectivity index (χ0n) is 10.1. The van der Waals surface area contributed by atoms with Crippen molar-refractivity contribution in [1.29, 1.82) is 0 Å². The predicted molar refractivity (Wildman–Crippen MR) is 72.2 cm³/mol. The summed E-state index contributed by atoms with van der Waals surface area (Å²) < 4.78 is 5.61. The van der Waals surface area contributed by atoms with E-state index in [1.165, 1.54) is 0 Å². The number of anilines is 1. The third-order valence-corrected chi connectivity index (χ3v) is 2.70. The fourth-order valence-corrected chi connectivity index (χ4v) is 1.74. The van der Waals surface area contributed by atoms with Crippen LogP contribution in [0.1, 0.15) is 0 Å². The monoisotopic (exact) mass is 263 g/mol. The van der Waals surface area contributed by atoms with Gasteiger partial charge in [-0.15, -0.1) is 0 Å². The second-order valence-corrected chi connectivity index (χ2v) is 4.11. The summed E-state index contributed by atoms with van der Waals surface area (Å²) in [6, 6.07) is 9.69. The van der Waals surface area contributed by atoms with Crippen molar-refractivity contribution in [2.24, 2.45) is 0 Å². The summed E-state index contributed by atoms with van der Waals surface area (Å²) in [7, 11) is 1.91. The Morgan fingerprint density at radius 2 is 1.89 bits per heavy atom. The molecule has 0 N–H and O–H groups in total. The van der Waals surface area contributed by atoms with Gasteiger partial charge in [-0.05, 0) is 12.1 Å². The number of ether oxygens (including phenoxy) is 1. The van der Waals surface area contributed by atoms with E-state index < -0.39 is 0 Å². The van der Waals surface area contributed by atoms with Crippen molar-refractivity contribution in [2.75, 3.05) is 25.1 Å². The highest BCUT2D eigenvalue weighted by Crippen LogP contribution is 2.18. The Morgan fingerprint density at radius 1 is 1.17 bits per heavy atom. The molecule has 1 aromatic carbocycles. The van der Waals surface area contributed by atoms with Gasteiger partial charge in [0.15, 0.2) is 11.0 Å². The first-order valence-electron chi connectivity index (χ1n) is 5.63. The third kappa shape index (κ3) is 3.34. The molecule has 1 aromatic heterocycles. The molecule has 0 spiro atoms. The molecule has 0 fully saturated rings. The summed E-state index contributed by atoms with van der Waals surface area (Å²) in [5.41, 5.74) is 0. The topological polar surface area (TPSA) is 38.2 Å². The summed E-state index contributed by atoms with van der Waals surface area (Å²) in [6.07, 6.45) is 3.19. The highest BCUT2D eigenvalue weighted by Gasteiger charge is 2.07. The lowest BCUT2D eigenvalue weighted by Gasteiger charge is -2.18. The molecule has 0 unspecified atom stereocenters. The van der Waals surface area contributed by atoms with Gasteiger partial charge in [-0.2, -0.15) is 0 Å². The molecule has 5 heteroatoms. The molecule has 0 saturated carbocycles. The van der Waals surface area contributed by atoms with Gasteiger partial charge in [-0.25, -0.2) is 9.97 Å². The lowest BCUT2D eigenvalue weighted by atomic mass is 10.3. The number of nitrogens with zero attached hydrogens (tertiary/aromatic N) is 3. The fraction of sp³-hybridized carbons (Fsp3) is 0.231. The van der Waals surface area contributed by atoms with Crippen LogP contribution in [-0.2, 0) is 0 Å². The first-order chi connectivity index (χ1) is 8.77. The molecule has 1 heterocycles. The van der Waals surface area contributed by atoms with Crippen LogP contribution in [0.4, 0.5) is 5.82 Å². The zero-order valence-corrected chi connectivity index (χ0v) is 10.8. The average Bonchev–Trinajstić information content (AvgIpc) is 2.40. The van der Waals surface area contributed by atoms with E-state index in [1.54, 1.807) is 12.4 Å². The van der Waals surface area contributed by atoms with Gasteiger partial charge >= 0.3 is 0 Å². The minimum absolute atomic E-state index is 0.403. The maximum Gasteiger partial charge on any atom is 0.171 e.